The molecule has 0 fully saturated rings. The molecule has 2 aromatic carbocycles. The predicted molar refractivity (Wildman–Crippen MR) is 80.6 cm³/mol. The van der Waals surface area contributed by atoms with Gasteiger partial charge in [0.1, 0.15) is 5.82 Å². The van der Waals surface area contributed by atoms with Crippen LogP contribution in [-0.4, -0.2) is 5.91 Å². The Morgan fingerprint density at radius 3 is 2.76 bits per heavy atom. The van der Waals surface area contributed by atoms with E-state index < -0.39 is 5.82 Å². The zero-order valence-electron chi connectivity index (χ0n) is 11.8. The molecule has 4 heteroatoms. The molecule has 108 valence electrons. The molecule has 0 bridgehead atoms. The minimum atomic E-state index is -0.418. The van der Waals surface area contributed by atoms with Gasteiger partial charge in [-0.25, -0.2) is 4.39 Å². The van der Waals surface area contributed by atoms with Crippen LogP contribution in [0.15, 0.2) is 36.4 Å². The van der Waals surface area contributed by atoms with Gasteiger partial charge in [0.05, 0.1) is 11.7 Å². The molecule has 1 aliphatic heterocycles. The summed E-state index contributed by atoms with van der Waals surface area (Å²) in [6.07, 6.45) is 0.933. The monoisotopic (exact) mass is 284 g/mol. The molecule has 3 N–H and O–H groups in total. The van der Waals surface area contributed by atoms with Gasteiger partial charge in [-0.2, -0.15) is 0 Å². The third kappa shape index (κ3) is 2.67. The van der Waals surface area contributed by atoms with Crippen LogP contribution in [-0.2, 0) is 11.2 Å². The lowest BCUT2D eigenvalue weighted by molar-refractivity contribution is -0.116. The molecule has 0 spiro atoms. The number of hydrogen-bond donors (Lipinski definition) is 2. The van der Waals surface area contributed by atoms with Gasteiger partial charge < -0.3 is 11.1 Å². The lowest BCUT2D eigenvalue weighted by Gasteiger charge is -2.21. The molecular formula is C17H17FN2O. The number of halogens is 1. The molecule has 1 aliphatic rings. The van der Waals surface area contributed by atoms with Crippen LogP contribution >= 0.6 is 0 Å². The number of aryl methyl sites for hydroxylation is 2. The smallest absolute Gasteiger partial charge is 0.224 e. The summed E-state index contributed by atoms with van der Waals surface area (Å²) in [6.45, 7) is 2.00. The van der Waals surface area contributed by atoms with Crippen LogP contribution in [0.25, 0.3) is 0 Å². The number of nitrogens with one attached hydrogen (secondary N) is 1. The van der Waals surface area contributed by atoms with Crippen LogP contribution in [0.5, 0.6) is 0 Å². The fraction of sp³-hybridized carbons (Fsp3) is 0.235. The van der Waals surface area contributed by atoms with Gasteiger partial charge >= 0.3 is 0 Å². The molecule has 2 aromatic rings. The molecule has 1 atom stereocenters. The number of benzene rings is 2. The van der Waals surface area contributed by atoms with Crippen LogP contribution in [0, 0.1) is 12.7 Å². The molecule has 1 heterocycles. The standard InChI is InChI=1S/C17H17FN2O/c1-10-3-2-4-11(7-10)16(19)13-8-12-5-6-15(21)20-17(12)14(18)9-13/h2-4,7-9,16H,5-6,19H2,1H3,(H,20,21). The maximum atomic E-state index is 14.2. The number of hydrogen-bond acceptors (Lipinski definition) is 2. The second kappa shape index (κ2) is 5.30. The quantitative estimate of drug-likeness (QED) is 0.890. The van der Waals surface area contributed by atoms with E-state index in [1.165, 1.54) is 6.07 Å². The number of anilines is 1. The zero-order chi connectivity index (χ0) is 15.0. The fourth-order valence-corrected chi connectivity index (χ4v) is 2.71. The number of carbonyl (C=O) groups excluding carboxylic acids is 1. The summed E-state index contributed by atoms with van der Waals surface area (Å²) in [7, 11) is 0. The Bertz CT molecular complexity index is 712. The van der Waals surface area contributed by atoms with Crippen molar-refractivity contribution in [2.24, 2.45) is 5.73 Å². The van der Waals surface area contributed by atoms with E-state index in [2.05, 4.69) is 5.32 Å². The highest BCUT2D eigenvalue weighted by molar-refractivity contribution is 5.94. The van der Waals surface area contributed by atoms with Crippen molar-refractivity contribution in [3.8, 4) is 0 Å². The van der Waals surface area contributed by atoms with Crippen molar-refractivity contribution in [3.63, 3.8) is 0 Å². The largest absolute Gasteiger partial charge is 0.323 e. The Hall–Kier alpha value is -2.20. The van der Waals surface area contributed by atoms with Crippen molar-refractivity contribution in [2.75, 3.05) is 5.32 Å². The first-order valence-electron chi connectivity index (χ1n) is 6.99. The summed E-state index contributed by atoms with van der Waals surface area (Å²) in [5.74, 6) is -0.559. The molecule has 21 heavy (non-hydrogen) atoms. The van der Waals surface area contributed by atoms with Crippen LogP contribution in [0.4, 0.5) is 10.1 Å². The van der Waals surface area contributed by atoms with E-state index in [1.807, 2.05) is 37.3 Å². The number of nitrogens with two attached hydrogens (primary N) is 1. The van der Waals surface area contributed by atoms with E-state index in [0.717, 1.165) is 22.3 Å². The Balaban J connectivity index is 2.00. The van der Waals surface area contributed by atoms with Gasteiger partial charge in [-0.05, 0) is 36.1 Å². The second-order valence-corrected chi connectivity index (χ2v) is 5.48. The summed E-state index contributed by atoms with van der Waals surface area (Å²) < 4.78 is 14.2. The molecule has 0 aromatic heterocycles. The predicted octanol–water partition coefficient (Wildman–Crippen LogP) is 3.07. The van der Waals surface area contributed by atoms with Crippen LogP contribution in [0.2, 0.25) is 0 Å². The average Bonchev–Trinajstić information content (AvgIpc) is 2.47. The molecule has 0 saturated heterocycles. The highest BCUT2D eigenvalue weighted by atomic mass is 19.1. The number of carbonyl (C=O) groups is 1. The summed E-state index contributed by atoms with van der Waals surface area (Å²) >= 11 is 0. The topological polar surface area (TPSA) is 55.1 Å². The van der Waals surface area contributed by atoms with Gasteiger partial charge in [-0.15, -0.1) is 0 Å². The molecule has 0 radical (unpaired) electrons. The van der Waals surface area contributed by atoms with E-state index in [0.29, 0.717) is 18.5 Å². The minimum absolute atomic E-state index is 0.142. The van der Waals surface area contributed by atoms with E-state index in [1.54, 1.807) is 0 Å². The first-order chi connectivity index (χ1) is 10.0. The van der Waals surface area contributed by atoms with Gasteiger partial charge in [-0.1, -0.05) is 35.9 Å². The van der Waals surface area contributed by atoms with Crippen LogP contribution in [0.1, 0.15) is 34.7 Å². The van der Waals surface area contributed by atoms with Gasteiger partial charge in [-0.3, -0.25) is 4.79 Å². The summed E-state index contributed by atoms with van der Waals surface area (Å²) in [5, 5.41) is 2.59. The second-order valence-electron chi connectivity index (χ2n) is 5.48. The highest BCUT2D eigenvalue weighted by Crippen LogP contribution is 2.30. The first kappa shape index (κ1) is 13.8. The van der Waals surface area contributed by atoms with Crippen molar-refractivity contribution in [1.82, 2.24) is 0 Å². The van der Waals surface area contributed by atoms with Crippen LogP contribution in [0.3, 0.4) is 0 Å². The lowest BCUT2D eigenvalue weighted by Crippen LogP contribution is -2.21. The SMILES string of the molecule is Cc1cccc(C(N)c2cc(F)c3c(c2)CCC(=O)N3)c1. The van der Waals surface area contributed by atoms with E-state index in [9.17, 15) is 9.18 Å². The Kier molecular flexibility index (Phi) is 3.47. The first-order valence-corrected chi connectivity index (χ1v) is 6.99. The minimum Gasteiger partial charge on any atom is -0.323 e. The summed E-state index contributed by atoms with van der Waals surface area (Å²) in [6, 6.07) is 10.8. The molecule has 0 aliphatic carbocycles. The molecule has 1 amide bonds. The Morgan fingerprint density at radius 1 is 1.19 bits per heavy atom. The van der Waals surface area contributed by atoms with Gasteiger partial charge in [0.15, 0.2) is 0 Å². The fourth-order valence-electron chi connectivity index (χ4n) is 2.71. The molecular weight excluding hydrogens is 267 g/mol. The molecule has 3 nitrogen and oxygen atoms in total. The van der Waals surface area contributed by atoms with Gasteiger partial charge in [0.2, 0.25) is 5.91 Å². The molecule has 0 saturated carbocycles. The molecule has 1 unspecified atom stereocenters. The zero-order valence-corrected chi connectivity index (χ0v) is 11.8. The third-order valence-electron chi connectivity index (χ3n) is 3.84. The van der Waals surface area contributed by atoms with E-state index in [4.69, 9.17) is 5.73 Å². The highest BCUT2D eigenvalue weighted by Gasteiger charge is 2.21. The van der Waals surface area contributed by atoms with Crippen molar-refractivity contribution in [1.29, 1.82) is 0 Å². The van der Waals surface area contributed by atoms with Gasteiger partial charge in [0.25, 0.3) is 0 Å². The van der Waals surface area contributed by atoms with Crippen molar-refractivity contribution < 1.29 is 9.18 Å². The number of rotatable bonds is 2. The lowest BCUT2D eigenvalue weighted by atomic mass is 9.93. The van der Waals surface area contributed by atoms with Crippen molar-refractivity contribution in [3.05, 3.63) is 64.5 Å². The third-order valence-corrected chi connectivity index (χ3v) is 3.84. The van der Waals surface area contributed by atoms with Crippen molar-refractivity contribution >= 4 is 11.6 Å². The Labute approximate surface area is 123 Å². The Morgan fingerprint density at radius 2 is 2.00 bits per heavy atom. The maximum Gasteiger partial charge on any atom is 0.224 e. The van der Waals surface area contributed by atoms with Crippen molar-refractivity contribution in [2.45, 2.75) is 25.8 Å². The normalized spacial score (nSPS) is 15.3. The van der Waals surface area contributed by atoms with Gasteiger partial charge in [0, 0.05) is 6.42 Å². The molecule has 3 rings (SSSR count). The number of fused-ring (bicyclic) bond motifs is 1. The summed E-state index contributed by atoms with van der Waals surface area (Å²) in [4.78, 5) is 11.4. The van der Waals surface area contributed by atoms with E-state index in [-0.39, 0.29) is 11.9 Å². The number of amides is 1. The van der Waals surface area contributed by atoms with E-state index >= 15 is 0 Å². The maximum absolute atomic E-state index is 14.2. The average molecular weight is 284 g/mol. The summed E-state index contributed by atoms with van der Waals surface area (Å²) in [5.41, 5.74) is 10.2. The van der Waals surface area contributed by atoms with Crippen LogP contribution < -0.4 is 11.1 Å².